The van der Waals surface area contributed by atoms with E-state index in [-0.39, 0.29) is 11.8 Å². The van der Waals surface area contributed by atoms with E-state index in [1.807, 2.05) is 24.3 Å². The van der Waals surface area contributed by atoms with Crippen LogP contribution >= 0.6 is 0 Å². The first kappa shape index (κ1) is 13.1. The Bertz CT molecular complexity index is 616. The molecule has 0 aliphatic rings. The lowest BCUT2D eigenvalue weighted by Crippen LogP contribution is -2.44. The third-order valence-corrected chi connectivity index (χ3v) is 3.05. The second-order valence-electron chi connectivity index (χ2n) is 4.78. The summed E-state index contributed by atoms with van der Waals surface area (Å²) in [6, 6.07) is 6.51. The highest BCUT2D eigenvalue weighted by atomic mass is 16.4. The molecule has 19 heavy (non-hydrogen) atoms. The third-order valence-electron chi connectivity index (χ3n) is 3.05. The number of amides is 1. The van der Waals surface area contributed by atoms with Crippen LogP contribution in [-0.4, -0.2) is 28.0 Å². The second-order valence-corrected chi connectivity index (χ2v) is 4.78. The predicted octanol–water partition coefficient (Wildman–Crippen LogP) is 2.01. The number of aliphatic carboxylic acids is 1. The number of carboxylic acid groups (broad SMARTS) is 1. The van der Waals surface area contributed by atoms with Crippen LogP contribution < -0.4 is 5.32 Å². The summed E-state index contributed by atoms with van der Waals surface area (Å²) in [6.45, 7) is 3.52. The fraction of sp³-hybridized carbons (Fsp3) is 0.286. The van der Waals surface area contributed by atoms with Crippen LogP contribution in [0.3, 0.4) is 0 Å². The predicted molar refractivity (Wildman–Crippen MR) is 72.0 cm³/mol. The van der Waals surface area contributed by atoms with Crippen LogP contribution in [0.4, 0.5) is 0 Å². The molecule has 0 spiro atoms. The van der Waals surface area contributed by atoms with E-state index in [0.717, 1.165) is 10.9 Å². The minimum atomic E-state index is -1.02. The van der Waals surface area contributed by atoms with E-state index in [0.29, 0.717) is 5.56 Å². The standard InChI is InChI=1S/C14H16N2O3/c1-8(2)12(14(18)19)16-13(17)10-7-15-11-6-4-3-5-9(10)11/h3-8,12,15H,1-2H3,(H,16,17)(H,18,19). The van der Waals surface area contributed by atoms with Crippen molar-refractivity contribution in [1.29, 1.82) is 0 Å². The SMILES string of the molecule is CC(C)C(NC(=O)c1c[nH]c2ccccc12)C(=O)O. The molecule has 100 valence electrons. The van der Waals surface area contributed by atoms with Gasteiger partial charge in [-0.3, -0.25) is 4.79 Å². The molecule has 1 heterocycles. The van der Waals surface area contributed by atoms with Gasteiger partial charge in [0.1, 0.15) is 6.04 Å². The van der Waals surface area contributed by atoms with Gasteiger partial charge in [0, 0.05) is 17.1 Å². The highest BCUT2D eigenvalue weighted by Gasteiger charge is 2.24. The molecule has 1 aromatic heterocycles. The van der Waals surface area contributed by atoms with Gasteiger partial charge in [-0.25, -0.2) is 4.79 Å². The Balaban J connectivity index is 2.27. The van der Waals surface area contributed by atoms with Crippen LogP contribution in [0, 0.1) is 5.92 Å². The maximum atomic E-state index is 12.1. The number of hydrogen-bond donors (Lipinski definition) is 3. The summed E-state index contributed by atoms with van der Waals surface area (Å²) in [6.07, 6.45) is 1.60. The van der Waals surface area contributed by atoms with Gasteiger partial charge in [-0.15, -0.1) is 0 Å². The summed E-state index contributed by atoms with van der Waals surface area (Å²) in [4.78, 5) is 26.2. The molecule has 1 amide bonds. The zero-order chi connectivity index (χ0) is 14.0. The van der Waals surface area contributed by atoms with Crippen molar-refractivity contribution in [2.45, 2.75) is 19.9 Å². The number of carbonyl (C=O) groups excluding carboxylic acids is 1. The summed E-state index contributed by atoms with van der Waals surface area (Å²) in [5, 5.41) is 12.4. The van der Waals surface area contributed by atoms with Crippen molar-refractivity contribution in [3.63, 3.8) is 0 Å². The van der Waals surface area contributed by atoms with Crippen molar-refractivity contribution in [2.75, 3.05) is 0 Å². The molecule has 2 rings (SSSR count). The number of carboxylic acids is 1. The number of benzene rings is 1. The molecule has 1 atom stereocenters. The zero-order valence-electron chi connectivity index (χ0n) is 10.8. The van der Waals surface area contributed by atoms with E-state index in [1.165, 1.54) is 0 Å². The highest BCUT2D eigenvalue weighted by molar-refractivity contribution is 6.07. The molecule has 0 fully saturated rings. The van der Waals surface area contributed by atoms with E-state index in [4.69, 9.17) is 5.11 Å². The fourth-order valence-electron chi connectivity index (χ4n) is 1.99. The van der Waals surface area contributed by atoms with E-state index < -0.39 is 12.0 Å². The van der Waals surface area contributed by atoms with Gasteiger partial charge in [0.25, 0.3) is 5.91 Å². The summed E-state index contributed by atoms with van der Waals surface area (Å²) < 4.78 is 0. The smallest absolute Gasteiger partial charge is 0.326 e. The molecule has 5 heteroatoms. The minimum absolute atomic E-state index is 0.174. The first-order chi connectivity index (χ1) is 9.00. The lowest BCUT2D eigenvalue weighted by atomic mass is 10.0. The average Bonchev–Trinajstić information content (AvgIpc) is 2.78. The van der Waals surface area contributed by atoms with Gasteiger partial charge in [-0.05, 0) is 12.0 Å². The van der Waals surface area contributed by atoms with E-state index >= 15 is 0 Å². The number of H-pyrrole nitrogens is 1. The molecule has 1 aromatic carbocycles. The van der Waals surface area contributed by atoms with Crippen molar-refractivity contribution in [2.24, 2.45) is 5.92 Å². The number of nitrogens with one attached hydrogen (secondary N) is 2. The van der Waals surface area contributed by atoms with E-state index in [2.05, 4.69) is 10.3 Å². The van der Waals surface area contributed by atoms with Gasteiger partial charge in [-0.2, -0.15) is 0 Å². The molecule has 0 aliphatic heterocycles. The first-order valence-electron chi connectivity index (χ1n) is 6.10. The molecule has 1 unspecified atom stereocenters. The van der Waals surface area contributed by atoms with Crippen LogP contribution in [0.15, 0.2) is 30.5 Å². The van der Waals surface area contributed by atoms with E-state index in [9.17, 15) is 9.59 Å². The fourth-order valence-corrected chi connectivity index (χ4v) is 1.99. The molecule has 3 N–H and O–H groups in total. The van der Waals surface area contributed by atoms with Gasteiger partial charge < -0.3 is 15.4 Å². The van der Waals surface area contributed by atoms with Gasteiger partial charge in [0.15, 0.2) is 0 Å². The molecule has 5 nitrogen and oxygen atoms in total. The molecule has 0 aliphatic carbocycles. The molecule has 2 aromatic rings. The Hall–Kier alpha value is -2.30. The Kier molecular flexibility index (Phi) is 3.55. The Morgan fingerprint density at radius 2 is 1.95 bits per heavy atom. The van der Waals surface area contributed by atoms with Crippen LogP contribution in [-0.2, 0) is 4.79 Å². The second kappa shape index (κ2) is 5.14. The molecule has 0 saturated heterocycles. The quantitative estimate of drug-likeness (QED) is 0.786. The largest absolute Gasteiger partial charge is 0.480 e. The number of aromatic amines is 1. The van der Waals surface area contributed by atoms with E-state index in [1.54, 1.807) is 20.0 Å². The summed E-state index contributed by atoms with van der Waals surface area (Å²) >= 11 is 0. The van der Waals surface area contributed by atoms with Gasteiger partial charge >= 0.3 is 5.97 Å². The molecular formula is C14H16N2O3. The molecule has 0 radical (unpaired) electrons. The number of para-hydroxylation sites is 1. The summed E-state index contributed by atoms with van der Waals surface area (Å²) in [5.74, 6) is -1.58. The van der Waals surface area contributed by atoms with Gasteiger partial charge in [-0.1, -0.05) is 32.0 Å². The summed E-state index contributed by atoms with van der Waals surface area (Å²) in [5.41, 5.74) is 1.31. The average molecular weight is 260 g/mol. The third kappa shape index (κ3) is 2.59. The zero-order valence-corrected chi connectivity index (χ0v) is 10.8. The molecule has 0 saturated carbocycles. The van der Waals surface area contributed by atoms with Crippen molar-refractivity contribution in [3.05, 3.63) is 36.0 Å². The number of hydrogen-bond acceptors (Lipinski definition) is 2. The van der Waals surface area contributed by atoms with Crippen molar-refractivity contribution < 1.29 is 14.7 Å². The molecular weight excluding hydrogens is 244 g/mol. The minimum Gasteiger partial charge on any atom is -0.480 e. The van der Waals surface area contributed by atoms with Gasteiger partial charge in [0.2, 0.25) is 0 Å². The normalized spacial score (nSPS) is 12.6. The van der Waals surface area contributed by atoms with Crippen LogP contribution in [0.1, 0.15) is 24.2 Å². The lowest BCUT2D eigenvalue weighted by Gasteiger charge is -2.17. The number of aromatic nitrogens is 1. The van der Waals surface area contributed by atoms with Crippen LogP contribution in [0.5, 0.6) is 0 Å². The Morgan fingerprint density at radius 1 is 1.26 bits per heavy atom. The highest BCUT2D eigenvalue weighted by Crippen LogP contribution is 2.18. The number of carbonyl (C=O) groups is 2. The van der Waals surface area contributed by atoms with Crippen LogP contribution in [0.25, 0.3) is 10.9 Å². The summed E-state index contributed by atoms with van der Waals surface area (Å²) in [7, 11) is 0. The van der Waals surface area contributed by atoms with Crippen molar-refractivity contribution >= 4 is 22.8 Å². The molecule has 0 bridgehead atoms. The topological polar surface area (TPSA) is 82.2 Å². The van der Waals surface area contributed by atoms with Gasteiger partial charge in [0.05, 0.1) is 5.56 Å². The monoisotopic (exact) mass is 260 g/mol. The first-order valence-corrected chi connectivity index (χ1v) is 6.10. The lowest BCUT2D eigenvalue weighted by molar-refractivity contribution is -0.140. The Morgan fingerprint density at radius 3 is 2.58 bits per heavy atom. The Labute approximate surface area is 110 Å². The van der Waals surface area contributed by atoms with Crippen molar-refractivity contribution in [3.8, 4) is 0 Å². The van der Waals surface area contributed by atoms with Crippen LogP contribution in [0.2, 0.25) is 0 Å². The van der Waals surface area contributed by atoms with Crippen molar-refractivity contribution in [1.82, 2.24) is 10.3 Å². The maximum Gasteiger partial charge on any atom is 0.326 e. The number of rotatable bonds is 4. The number of fused-ring (bicyclic) bond motifs is 1. The maximum absolute atomic E-state index is 12.1.